The fourth-order valence-corrected chi connectivity index (χ4v) is 1.39. The molecule has 0 aromatic carbocycles. The molecule has 0 aromatic heterocycles. The molecule has 0 spiro atoms. The van der Waals surface area contributed by atoms with Crippen LogP contribution in [0, 0.1) is 0 Å². The molecule has 0 fully saturated rings. The van der Waals surface area contributed by atoms with Crippen LogP contribution in [0.3, 0.4) is 0 Å². The minimum absolute atomic E-state index is 0. The minimum Gasteiger partial charge on any atom is -0.848 e. The van der Waals surface area contributed by atoms with Crippen LogP contribution in [0.5, 0.6) is 0 Å². The van der Waals surface area contributed by atoms with Gasteiger partial charge in [-0.3, -0.25) is 0 Å². The average molecular weight is 504 g/mol. The van der Waals surface area contributed by atoms with Crippen LogP contribution in [-0.2, 0) is 45.2 Å². The summed E-state index contributed by atoms with van der Waals surface area (Å²) < 4.78 is 18.4. The third-order valence-corrected chi connectivity index (χ3v) is 1.97. The summed E-state index contributed by atoms with van der Waals surface area (Å²) in [6.07, 6.45) is 0. The smallest absolute Gasteiger partial charge is 0.848 e. The van der Waals surface area contributed by atoms with Crippen molar-refractivity contribution in [3.05, 3.63) is 0 Å². The van der Waals surface area contributed by atoms with Crippen LogP contribution in [0.1, 0.15) is 55.4 Å². The van der Waals surface area contributed by atoms with Gasteiger partial charge >= 0.3 is 26.2 Å². The zero-order valence-electron chi connectivity index (χ0n) is 20.6. The molecule has 0 heterocycles. The van der Waals surface area contributed by atoms with Gasteiger partial charge in [0.2, 0.25) is 0 Å². The second-order valence-electron chi connectivity index (χ2n) is 8.77. The molecule has 0 amide bonds. The molecule has 0 aliphatic rings. The molecule has 0 N–H and O–H groups in total. The zero-order chi connectivity index (χ0) is 23.7. The molecule has 0 radical (unpaired) electrons. The van der Waals surface area contributed by atoms with Gasteiger partial charge in [0.1, 0.15) is 0 Å². The number of methoxy groups -OCH3 is 4. The maximum atomic E-state index is 10.6. The van der Waals surface area contributed by atoms with Gasteiger partial charge < -0.3 is 39.4 Å². The largest absolute Gasteiger partial charge is 4.00 e. The summed E-state index contributed by atoms with van der Waals surface area (Å²) >= 11 is 0. The van der Waals surface area contributed by atoms with Crippen LogP contribution in [-0.4, -0.2) is 77.3 Å². The summed E-state index contributed by atoms with van der Waals surface area (Å²) in [5.74, 6) is 0. The summed E-state index contributed by atoms with van der Waals surface area (Å²) in [6.45, 7) is 13.9. The molecule has 0 rings (SSSR count). The third-order valence-electron chi connectivity index (χ3n) is 1.97. The Bertz CT molecular complexity index is 248. The molecule has 29 heavy (non-hydrogen) atoms. The van der Waals surface area contributed by atoms with E-state index in [9.17, 15) is 20.4 Å². The molecule has 0 aliphatic carbocycles. The SMILES string of the molecule is COCC(C)(C)[O-].COCC(C)(C)[O-].COCC(C)(C)[O-].COCC(C)(C)[O-].[Zr+4]. The zero-order valence-corrected chi connectivity index (χ0v) is 23.1. The molecule has 9 heteroatoms. The van der Waals surface area contributed by atoms with Gasteiger partial charge in [-0.25, -0.2) is 0 Å². The van der Waals surface area contributed by atoms with Crippen molar-refractivity contribution in [1.29, 1.82) is 0 Å². The van der Waals surface area contributed by atoms with Crippen LogP contribution < -0.4 is 20.4 Å². The van der Waals surface area contributed by atoms with Crippen molar-refractivity contribution in [3.8, 4) is 0 Å². The van der Waals surface area contributed by atoms with E-state index in [1.807, 2.05) is 0 Å². The van der Waals surface area contributed by atoms with Gasteiger partial charge in [-0.05, 0) is 0 Å². The van der Waals surface area contributed by atoms with Crippen molar-refractivity contribution in [2.24, 2.45) is 0 Å². The minimum atomic E-state index is -0.922. The van der Waals surface area contributed by atoms with Crippen molar-refractivity contribution in [2.75, 3.05) is 54.9 Å². The first-order chi connectivity index (χ1) is 12.2. The van der Waals surface area contributed by atoms with E-state index in [2.05, 4.69) is 18.9 Å². The van der Waals surface area contributed by atoms with Gasteiger partial charge in [-0.1, -0.05) is 77.8 Å². The topological polar surface area (TPSA) is 129 Å². The number of hydrogen-bond donors (Lipinski definition) is 0. The number of rotatable bonds is 8. The molecule has 0 aliphatic heterocycles. The standard InChI is InChI=1S/4C5H11O2.Zr/c4*1-5(2,6)4-7-3;/h4*4H2,1-3H3;/q4*-1;+4. The van der Waals surface area contributed by atoms with E-state index in [0.29, 0.717) is 0 Å². The van der Waals surface area contributed by atoms with Crippen molar-refractivity contribution in [2.45, 2.75) is 77.8 Å². The third kappa shape index (κ3) is 73.5. The summed E-state index contributed by atoms with van der Waals surface area (Å²) in [4.78, 5) is 0. The van der Waals surface area contributed by atoms with E-state index in [-0.39, 0.29) is 52.6 Å². The second-order valence-corrected chi connectivity index (χ2v) is 8.77. The molecular weight excluding hydrogens is 459 g/mol. The molecular formula is C20H44O8Zr. The molecule has 0 atom stereocenters. The van der Waals surface area contributed by atoms with Crippen molar-refractivity contribution >= 4 is 0 Å². The average Bonchev–Trinajstić information content (AvgIpc) is 2.34. The van der Waals surface area contributed by atoms with Crippen LogP contribution >= 0.6 is 0 Å². The molecule has 176 valence electrons. The van der Waals surface area contributed by atoms with E-state index in [0.717, 1.165) is 0 Å². The Morgan fingerprint density at radius 3 is 0.517 bits per heavy atom. The van der Waals surface area contributed by atoms with Gasteiger partial charge in [-0.2, -0.15) is 0 Å². The van der Waals surface area contributed by atoms with Crippen molar-refractivity contribution in [3.63, 3.8) is 0 Å². The predicted octanol–water partition coefficient (Wildman–Crippen LogP) is -0.916. The quantitative estimate of drug-likeness (QED) is 0.416. The van der Waals surface area contributed by atoms with Crippen LogP contribution in [0.25, 0.3) is 0 Å². The summed E-state index contributed by atoms with van der Waals surface area (Å²) in [6, 6.07) is 0. The van der Waals surface area contributed by atoms with Gasteiger partial charge in [0.15, 0.2) is 0 Å². The maximum Gasteiger partial charge on any atom is 4.00 e. The van der Waals surface area contributed by atoms with Gasteiger partial charge in [0.25, 0.3) is 0 Å². The van der Waals surface area contributed by atoms with E-state index in [1.54, 1.807) is 55.4 Å². The fourth-order valence-electron chi connectivity index (χ4n) is 1.39. The Morgan fingerprint density at radius 2 is 0.517 bits per heavy atom. The number of hydrogen-bond acceptors (Lipinski definition) is 8. The molecule has 0 unspecified atom stereocenters. The Morgan fingerprint density at radius 1 is 0.414 bits per heavy atom. The monoisotopic (exact) mass is 502 g/mol. The first kappa shape index (κ1) is 40.0. The summed E-state index contributed by atoms with van der Waals surface area (Å²) in [7, 11) is 6.11. The predicted molar refractivity (Wildman–Crippen MR) is 104 cm³/mol. The molecule has 0 bridgehead atoms. The molecule has 8 nitrogen and oxygen atoms in total. The Kier molecular flexibility index (Phi) is 28.2. The second kappa shape index (κ2) is 20.5. The molecule has 0 saturated heterocycles. The van der Waals surface area contributed by atoms with Crippen LogP contribution in [0.2, 0.25) is 0 Å². The Labute approximate surface area is 198 Å². The van der Waals surface area contributed by atoms with Crippen molar-refractivity contribution in [1.82, 2.24) is 0 Å². The molecule has 0 saturated carbocycles. The van der Waals surface area contributed by atoms with Crippen molar-refractivity contribution < 1.29 is 65.6 Å². The fraction of sp³-hybridized carbons (Fsp3) is 1.00. The van der Waals surface area contributed by atoms with E-state index in [1.165, 1.54) is 28.4 Å². The first-order valence-electron chi connectivity index (χ1n) is 9.02. The van der Waals surface area contributed by atoms with E-state index in [4.69, 9.17) is 0 Å². The normalized spacial score (nSPS) is 11.6. The van der Waals surface area contributed by atoms with Crippen LogP contribution in [0.4, 0.5) is 0 Å². The van der Waals surface area contributed by atoms with E-state index >= 15 is 0 Å². The van der Waals surface area contributed by atoms with Gasteiger partial charge in [-0.15, -0.1) is 0 Å². The Hall–Kier alpha value is 0.563. The van der Waals surface area contributed by atoms with Gasteiger partial charge in [0.05, 0.1) is 0 Å². The summed E-state index contributed by atoms with van der Waals surface area (Å²) in [5, 5.41) is 42.3. The van der Waals surface area contributed by atoms with Crippen LogP contribution in [0.15, 0.2) is 0 Å². The first-order valence-corrected chi connectivity index (χ1v) is 9.02. The summed E-state index contributed by atoms with van der Waals surface area (Å²) in [5.41, 5.74) is -3.69. The molecule has 0 aromatic rings. The Balaban J connectivity index is -0.0000000873. The maximum absolute atomic E-state index is 10.6. The number of ether oxygens (including phenoxy) is 4. The van der Waals surface area contributed by atoms with E-state index < -0.39 is 22.4 Å². The van der Waals surface area contributed by atoms with Gasteiger partial charge in [0, 0.05) is 54.9 Å².